The second-order valence-corrected chi connectivity index (χ2v) is 6.71. The van der Waals surface area contributed by atoms with Gasteiger partial charge >= 0.3 is 0 Å². The summed E-state index contributed by atoms with van der Waals surface area (Å²) in [4.78, 5) is 0. The summed E-state index contributed by atoms with van der Waals surface area (Å²) in [5, 5.41) is 24.1. The molecule has 2 aromatic heterocycles. The van der Waals surface area contributed by atoms with Crippen molar-refractivity contribution < 1.29 is 4.39 Å². The van der Waals surface area contributed by atoms with Crippen LogP contribution in [0.15, 0.2) is 59.8 Å². The highest BCUT2D eigenvalue weighted by Gasteiger charge is 2.20. The van der Waals surface area contributed by atoms with E-state index >= 15 is 0 Å². The van der Waals surface area contributed by atoms with Crippen molar-refractivity contribution in [1.29, 1.82) is 0 Å². The molecule has 0 aliphatic carbocycles. The third-order valence-electron chi connectivity index (χ3n) is 3.63. The highest BCUT2D eigenvalue weighted by atomic mass is 32.2. The van der Waals surface area contributed by atoms with Gasteiger partial charge in [-0.1, -0.05) is 36.0 Å². The zero-order chi connectivity index (χ0) is 17.9. The van der Waals surface area contributed by atoms with E-state index in [1.807, 2.05) is 37.3 Å². The molecule has 0 bridgehead atoms. The minimum absolute atomic E-state index is 0.136. The first-order valence-electron chi connectivity index (χ1n) is 7.77. The van der Waals surface area contributed by atoms with E-state index in [0.29, 0.717) is 16.7 Å². The molecule has 4 rings (SSSR count). The van der Waals surface area contributed by atoms with Gasteiger partial charge in [-0.3, -0.25) is 0 Å². The minimum Gasteiger partial charge on any atom is -0.207 e. The Morgan fingerprint density at radius 1 is 0.885 bits per heavy atom. The van der Waals surface area contributed by atoms with Crippen LogP contribution >= 0.6 is 11.8 Å². The number of para-hydroxylation sites is 1. The van der Waals surface area contributed by atoms with E-state index in [4.69, 9.17) is 0 Å². The number of aromatic nitrogens is 8. The Bertz CT molecular complexity index is 1020. The van der Waals surface area contributed by atoms with Crippen LogP contribution in [0.3, 0.4) is 0 Å². The molecule has 0 spiro atoms. The van der Waals surface area contributed by atoms with Gasteiger partial charge in [0.05, 0.1) is 16.6 Å². The summed E-state index contributed by atoms with van der Waals surface area (Å²) in [6.45, 7) is 1.96. The highest BCUT2D eigenvalue weighted by Crippen LogP contribution is 2.33. The van der Waals surface area contributed by atoms with Crippen molar-refractivity contribution in [3.8, 4) is 11.4 Å². The Labute approximate surface area is 152 Å². The van der Waals surface area contributed by atoms with Crippen molar-refractivity contribution in [2.24, 2.45) is 0 Å². The van der Waals surface area contributed by atoms with Crippen molar-refractivity contribution in [3.63, 3.8) is 0 Å². The minimum atomic E-state index is -0.352. The van der Waals surface area contributed by atoms with Crippen molar-refractivity contribution in [2.45, 2.75) is 17.3 Å². The van der Waals surface area contributed by atoms with Gasteiger partial charge < -0.3 is 0 Å². The van der Waals surface area contributed by atoms with Gasteiger partial charge in [-0.05, 0) is 58.1 Å². The molecule has 0 aliphatic rings. The van der Waals surface area contributed by atoms with Crippen LogP contribution in [0.2, 0.25) is 0 Å². The van der Waals surface area contributed by atoms with Crippen LogP contribution < -0.4 is 0 Å². The molecule has 4 aromatic rings. The summed E-state index contributed by atoms with van der Waals surface area (Å²) < 4.78 is 16.7. The fraction of sp³-hybridized carbons (Fsp3) is 0.125. The number of rotatable bonds is 5. The molecule has 130 valence electrons. The molecule has 10 heteroatoms. The van der Waals surface area contributed by atoms with E-state index in [-0.39, 0.29) is 11.1 Å². The first-order chi connectivity index (χ1) is 12.7. The molecule has 26 heavy (non-hydrogen) atoms. The van der Waals surface area contributed by atoms with E-state index in [2.05, 4.69) is 31.1 Å². The van der Waals surface area contributed by atoms with Gasteiger partial charge in [0, 0.05) is 0 Å². The van der Waals surface area contributed by atoms with Gasteiger partial charge in [-0.15, -0.1) is 10.2 Å². The third kappa shape index (κ3) is 3.18. The van der Waals surface area contributed by atoms with E-state index < -0.39 is 0 Å². The number of tetrazole rings is 2. The first-order valence-corrected chi connectivity index (χ1v) is 8.65. The summed E-state index contributed by atoms with van der Waals surface area (Å²) >= 11 is 1.39. The molecule has 0 amide bonds. The highest BCUT2D eigenvalue weighted by molar-refractivity contribution is 7.99. The molecule has 2 heterocycles. The second kappa shape index (κ2) is 7.00. The SMILES string of the molecule is C[C@@H](Sc1nnnn1-c1cccc(F)c1)c1nnnn1-c1ccccc1. The van der Waals surface area contributed by atoms with Crippen LogP contribution in [0.1, 0.15) is 18.0 Å². The topological polar surface area (TPSA) is 87.2 Å². The molecule has 8 nitrogen and oxygen atoms in total. The van der Waals surface area contributed by atoms with Gasteiger partial charge in [0.15, 0.2) is 5.82 Å². The Morgan fingerprint density at radius 2 is 1.62 bits per heavy atom. The molecular formula is C16H13FN8S. The lowest BCUT2D eigenvalue weighted by Gasteiger charge is -2.11. The van der Waals surface area contributed by atoms with Gasteiger partial charge in [-0.2, -0.15) is 9.36 Å². The predicted molar refractivity (Wildman–Crippen MR) is 92.5 cm³/mol. The Balaban J connectivity index is 1.62. The van der Waals surface area contributed by atoms with Crippen LogP contribution in [-0.4, -0.2) is 40.4 Å². The first kappa shape index (κ1) is 16.3. The summed E-state index contributed by atoms with van der Waals surface area (Å²) in [5.74, 6) is 0.310. The molecule has 0 N–H and O–H groups in total. The fourth-order valence-corrected chi connectivity index (χ4v) is 3.33. The monoisotopic (exact) mass is 368 g/mol. The van der Waals surface area contributed by atoms with Crippen molar-refractivity contribution in [2.75, 3.05) is 0 Å². The van der Waals surface area contributed by atoms with Gasteiger partial charge in [0.1, 0.15) is 5.82 Å². The molecular weight excluding hydrogens is 355 g/mol. The van der Waals surface area contributed by atoms with E-state index in [1.165, 1.54) is 28.6 Å². The molecule has 1 atom stereocenters. The fourth-order valence-electron chi connectivity index (χ4n) is 2.43. The number of benzene rings is 2. The van der Waals surface area contributed by atoms with E-state index in [9.17, 15) is 4.39 Å². The lowest BCUT2D eigenvalue weighted by atomic mass is 10.3. The smallest absolute Gasteiger partial charge is 0.207 e. The number of thioether (sulfide) groups is 1. The maximum Gasteiger partial charge on any atom is 0.214 e. The van der Waals surface area contributed by atoms with Crippen molar-refractivity contribution in [1.82, 2.24) is 40.4 Å². The van der Waals surface area contributed by atoms with Crippen LogP contribution in [0.5, 0.6) is 0 Å². The zero-order valence-electron chi connectivity index (χ0n) is 13.6. The molecule has 0 aliphatic heterocycles. The third-order valence-corrected chi connectivity index (χ3v) is 4.66. The predicted octanol–water partition coefficient (Wildman–Crippen LogP) is 2.63. The lowest BCUT2D eigenvalue weighted by Crippen LogP contribution is -2.06. The summed E-state index contributed by atoms with van der Waals surface area (Å²) in [7, 11) is 0. The lowest BCUT2D eigenvalue weighted by molar-refractivity contribution is 0.623. The van der Waals surface area contributed by atoms with Crippen LogP contribution in [0.4, 0.5) is 4.39 Å². The Kier molecular flexibility index (Phi) is 4.40. The Hall–Kier alpha value is -3.14. The number of halogens is 1. The van der Waals surface area contributed by atoms with Crippen LogP contribution in [0, 0.1) is 5.82 Å². The van der Waals surface area contributed by atoms with E-state index in [0.717, 1.165) is 5.69 Å². The Morgan fingerprint density at radius 3 is 2.42 bits per heavy atom. The number of hydrogen-bond donors (Lipinski definition) is 0. The summed E-state index contributed by atoms with van der Waals surface area (Å²) in [5.41, 5.74) is 1.41. The van der Waals surface area contributed by atoms with Crippen LogP contribution in [-0.2, 0) is 0 Å². The van der Waals surface area contributed by atoms with Gasteiger partial charge in [-0.25, -0.2) is 4.39 Å². The maximum atomic E-state index is 13.5. The standard InChI is InChI=1S/C16H13FN8S/c1-11(15-18-20-22-24(15)13-7-3-2-4-8-13)26-16-19-21-23-25(16)14-9-5-6-12(17)10-14/h2-11H,1H3/t11-/m1/s1. The zero-order valence-corrected chi connectivity index (χ0v) is 14.5. The largest absolute Gasteiger partial charge is 0.214 e. The maximum absolute atomic E-state index is 13.5. The van der Waals surface area contributed by atoms with Gasteiger partial charge in [0.2, 0.25) is 5.16 Å². The van der Waals surface area contributed by atoms with Gasteiger partial charge in [0.25, 0.3) is 0 Å². The quantitative estimate of drug-likeness (QED) is 0.500. The van der Waals surface area contributed by atoms with Crippen LogP contribution in [0.25, 0.3) is 11.4 Å². The molecule has 0 fully saturated rings. The van der Waals surface area contributed by atoms with E-state index in [1.54, 1.807) is 16.8 Å². The summed E-state index contributed by atoms with van der Waals surface area (Å²) in [6.07, 6.45) is 0. The van der Waals surface area contributed by atoms with Crippen molar-refractivity contribution >= 4 is 11.8 Å². The molecule has 0 radical (unpaired) electrons. The van der Waals surface area contributed by atoms with Crippen molar-refractivity contribution in [3.05, 3.63) is 66.2 Å². The number of nitrogens with zero attached hydrogens (tertiary/aromatic N) is 8. The molecule has 0 unspecified atom stereocenters. The molecule has 0 saturated heterocycles. The molecule has 2 aromatic carbocycles. The summed E-state index contributed by atoms with van der Waals surface area (Å²) in [6, 6.07) is 15.7. The normalized spacial score (nSPS) is 12.2. The second-order valence-electron chi connectivity index (χ2n) is 5.40. The average molecular weight is 368 g/mol. The molecule has 0 saturated carbocycles. The number of hydrogen-bond acceptors (Lipinski definition) is 7. The average Bonchev–Trinajstić information content (AvgIpc) is 3.32.